The fraction of sp³-hybridized carbons (Fsp3) is 0.345. The Labute approximate surface area is 267 Å². The van der Waals surface area contributed by atoms with Crippen LogP contribution in [0.1, 0.15) is 37.9 Å². The average molecular weight is 725 g/mol. The lowest BCUT2D eigenvalue weighted by Gasteiger charge is -2.28. The number of halogens is 1. The average Bonchev–Trinajstić information content (AvgIpc) is 2.98. The molecule has 3 rings (SSSR count). The lowest BCUT2D eigenvalue weighted by molar-refractivity contribution is -0.145. The van der Waals surface area contributed by atoms with E-state index in [1.165, 1.54) is 20.4 Å². The van der Waals surface area contributed by atoms with Gasteiger partial charge in [-0.05, 0) is 73.2 Å². The summed E-state index contributed by atoms with van der Waals surface area (Å²) in [5.41, 5.74) is 3.98. The zero-order chi connectivity index (χ0) is 32.2. The normalized spacial score (nSPS) is 14.3. The Balaban J connectivity index is 1.70. The first kappa shape index (κ1) is 34.0. The van der Waals surface area contributed by atoms with Gasteiger partial charge in [-0.15, -0.1) is 0 Å². The highest BCUT2D eigenvalue weighted by molar-refractivity contribution is 14.1. The predicted molar refractivity (Wildman–Crippen MR) is 166 cm³/mol. The maximum atomic E-state index is 12.6. The molecule has 0 fully saturated rings. The number of ether oxygens (including phenoxy) is 6. The van der Waals surface area contributed by atoms with Crippen molar-refractivity contribution in [1.82, 2.24) is 16.1 Å². The smallest absolute Gasteiger partial charge is 0.344 e. The van der Waals surface area contributed by atoms with Gasteiger partial charge >= 0.3 is 18.0 Å². The molecule has 2 aromatic carbocycles. The van der Waals surface area contributed by atoms with Crippen molar-refractivity contribution in [2.75, 3.05) is 40.6 Å². The highest BCUT2D eigenvalue weighted by Crippen LogP contribution is 2.35. The molecular formula is C29H33IN4O10. The SMILES string of the molecule is CCOC(=O)COc1c(/C=N/NC(=O)COc2ccc([C@H]3NC(=O)NC(C)=C3C(=O)OCC)cc2OC)cc(I)cc1OC. The van der Waals surface area contributed by atoms with Gasteiger partial charge in [-0.25, -0.2) is 19.8 Å². The number of allylic oxidation sites excluding steroid dienone is 1. The highest BCUT2D eigenvalue weighted by Gasteiger charge is 2.32. The van der Waals surface area contributed by atoms with Gasteiger partial charge in [0.05, 0.1) is 45.3 Å². The number of carbonyl (C=O) groups is 4. The molecule has 1 aliphatic heterocycles. The highest BCUT2D eigenvalue weighted by atomic mass is 127. The van der Waals surface area contributed by atoms with Crippen molar-refractivity contribution in [2.45, 2.75) is 26.8 Å². The van der Waals surface area contributed by atoms with E-state index in [4.69, 9.17) is 28.4 Å². The molecule has 3 amide bonds. The fourth-order valence-electron chi connectivity index (χ4n) is 4.08. The van der Waals surface area contributed by atoms with E-state index in [-0.39, 0.29) is 42.6 Å². The first-order chi connectivity index (χ1) is 21.1. The van der Waals surface area contributed by atoms with Crippen LogP contribution in [0.15, 0.2) is 46.7 Å². The molecule has 0 aliphatic carbocycles. The molecule has 0 radical (unpaired) electrons. The summed E-state index contributed by atoms with van der Waals surface area (Å²) in [6, 6.07) is 6.97. The van der Waals surface area contributed by atoms with Gasteiger partial charge in [0, 0.05) is 14.8 Å². The summed E-state index contributed by atoms with van der Waals surface area (Å²) < 4.78 is 32.9. The van der Waals surface area contributed by atoms with Crippen molar-refractivity contribution in [1.29, 1.82) is 0 Å². The van der Waals surface area contributed by atoms with Crippen LogP contribution >= 0.6 is 22.6 Å². The number of nitrogens with one attached hydrogen (secondary N) is 3. The first-order valence-electron chi connectivity index (χ1n) is 13.4. The van der Waals surface area contributed by atoms with Crippen LogP contribution in [-0.2, 0) is 23.9 Å². The van der Waals surface area contributed by atoms with Crippen molar-refractivity contribution in [3.05, 3.63) is 56.3 Å². The molecule has 0 saturated carbocycles. The van der Waals surface area contributed by atoms with Gasteiger partial charge in [0.2, 0.25) is 0 Å². The lowest BCUT2D eigenvalue weighted by Crippen LogP contribution is -2.45. The molecule has 1 atom stereocenters. The van der Waals surface area contributed by atoms with Gasteiger partial charge in [-0.3, -0.25) is 4.79 Å². The van der Waals surface area contributed by atoms with E-state index in [9.17, 15) is 19.2 Å². The van der Waals surface area contributed by atoms with Gasteiger partial charge in [-0.1, -0.05) is 6.07 Å². The number of methoxy groups -OCH3 is 2. The minimum absolute atomic E-state index is 0.168. The molecule has 2 aromatic rings. The van der Waals surface area contributed by atoms with E-state index < -0.39 is 36.5 Å². The third-order valence-corrected chi connectivity index (χ3v) is 6.57. The van der Waals surface area contributed by atoms with Crippen LogP contribution in [0.2, 0.25) is 0 Å². The number of benzene rings is 2. The third-order valence-electron chi connectivity index (χ3n) is 5.95. The van der Waals surface area contributed by atoms with E-state index in [1.54, 1.807) is 51.1 Å². The van der Waals surface area contributed by atoms with Crippen molar-refractivity contribution in [2.24, 2.45) is 5.10 Å². The standard InChI is InChI=1S/C29H33IN4O10/c1-6-41-24(36)15-44-27-18(10-19(30)12-22(27)40-5)13-31-34-23(35)14-43-20-9-8-17(11-21(20)39-4)26-25(28(37)42-7-2)16(3)32-29(38)33-26/h8-13,26H,6-7,14-15H2,1-5H3,(H,34,35)(H2,32,33,38)/b31-13+/t26-/m1/s1. The number of rotatable bonds is 14. The summed E-state index contributed by atoms with van der Waals surface area (Å²) >= 11 is 2.09. The number of carbonyl (C=O) groups excluding carboxylic acids is 4. The van der Waals surface area contributed by atoms with E-state index in [1.807, 2.05) is 0 Å². The summed E-state index contributed by atoms with van der Waals surface area (Å²) in [6.07, 6.45) is 1.35. The second-order valence-corrected chi connectivity index (χ2v) is 10.1. The summed E-state index contributed by atoms with van der Waals surface area (Å²) in [5, 5.41) is 9.28. The zero-order valence-electron chi connectivity index (χ0n) is 24.8. The Morgan fingerprint density at radius 1 is 0.977 bits per heavy atom. The molecule has 0 spiro atoms. The lowest BCUT2D eigenvalue weighted by atomic mass is 9.95. The Bertz CT molecular complexity index is 1460. The van der Waals surface area contributed by atoms with E-state index in [0.717, 1.165) is 3.57 Å². The number of amides is 3. The predicted octanol–water partition coefficient (Wildman–Crippen LogP) is 2.97. The van der Waals surface area contributed by atoms with Gasteiger partial charge in [-0.2, -0.15) is 5.10 Å². The van der Waals surface area contributed by atoms with Crippen LogP contribution < -0.4 is 35.0 Å². The second-order valence-electron chi connectivity index (χ2n) is 8.90. The van der Waals surface area contributed by atoms with E-state index >= 15 is 0 Å². The van der Waals surface area contributed by atoms with Crippen LogP contribution in [0.4, 0.5) is 4.79 Å². The Morgan fingerprint density at radius 3 is 2.39 bits per heavy atom. The fourth-order valence-corrected chi connectivity index (χ4v) is 4.70. The summed E-state index contributed by atoms with van der Waals surface area (Å²) in [7, 11) is 2.88. The molecule has 0 unspecified atom stereocenters. The van der Waals surface area contributed by atoms with Crippen molar-refractivity contribution in [3.63, 3.8) is 0 Å². The number of hydrogen-bond acceptors (Lipinski definition) is 11. The molecule has 14 nitrogen and oxygen atoms in total. The maximum Gasteiger partial charge on any atom is 0.344 e. The minimum Gasteiger partial charge on any atom is -0.493 e. The summed E-state index contributed by atoms with van der Waals surface area (Å²) in [4.78, 5) is 49.1. The topological polar surface area (TPSA) is 172 Å². The molecule has 1 aliphatic rings. The number of hydrazone groups is 1. The molecule has 1 heterocycles. The second kappa shape index (κ2) is 16.3. The first-order valence-corrected chi connectivity index (χ1v) is 14.4. The summed E-state index contributed by atoms with van der Waals surface area (Å²) in [5.74, 6) is -0.560. The third kappa shape index (κ3) is 8.98. The molecule has 44 heavy (non-hydrogen) atoms. The largest absolute Gasteiger partial charge is 0.493 e. The van der Waals surface area contributed by atoms with Crippen LogP contribution in [0.5, 0.6) is 23.0 Å². The van der Waals surface area contributed by atoms with Crippen LogP contribution in [0, 0.1) is 3.57 Å². The van der Waals surface area contributed by atoms with E-state index in [2.05, 4.69) is 43.8 Å². The molecule has 0 bridgehead atoms. The zero-order valence-corrected chi connectivity index (χ0v) is 26.9. The number of esters is 2. The van der Waals surface area contributed by atoms with E-state index in [0.29, 0.717) is 22.6 Å². The van der Waals surface area contributed by atoms with Crippen LogP contribution in [0.25, 0.3) is 0 Å². The number of nitrogens with zero attached hydrogens (tertiary/aromatic N) is 1. The minimum atomic E-state index is -0.797. The molecular weight excluding hydrogens is 691 g/mol. The van der Waals surface area contributed by atoms with Crippen molar-refractivity contribution >= 4 is 52.7 Å². The van der Waals surface area contributed by atoms with Gasteiger partial charge in [0.1, 0.15) is 0 Å². The van der Waals surface area contributed by atoms with Gasteiger partial charge in [0.15, 0.2) is 36.2 Å². The Hall–Kier alpha value is -4.54. The molecule has 15 heteroatoms. The molecule has 236 valence electrons. The summed E-state index contributed by atoms with van der Waals surface area (Å²) in [6.45, 7) is 4.63. The number of hydrogen-bond donors (Lipinski definition) is 3. The maximum absolute atomic E-state index is 12.6. The van der Waals surface area contributed by atoms with Gasteiger partial charge < -0.3 is 39.1 Å². The monoisotopic (exact) mass is 724 g/mol. The number of urea groups is 1. The quantitative estimate of drug-likeness (QED) is 0.114. The Kier molecular flexibility index (Phi) is 12.6. The Morgan fingerprint density at radius 2 is 1.70 bits per heavy atom. The molecule has 0 aromatic heterocycles. The van der Waals surface area contributed by atoms with Crippen molar-refractivity contribution < 1.29 is 47.6 Å². The molecule has 0 saturated heterocycles. The van der Waals surface area contributed by atoms with Crippen molar-refractivity contribution in [3.8, 4) is 23.0 Å². The van der Waals surface area contributed by atoms with Gasteiger partial charge in [0.25, 0.3) is 5.91 Å². The van der Waals surface area contributed by atoms with Crippen LogP contribution in [0.3, 0.4) is 0 Å². The molecule has 3 N–H and O–H groups in total. The van der Waals surface area contributed by atoms with Crippen LogP contribution in [-0.4, -0.2) is 70.7 Å².